The van der Waals surface area contributed by atoms with E-state index in [1.165, 1.54) is 179 Å². The van der Waals surface area contributed by atoms with Crippen LogP contribution in [0.3, 0.4) is 0 Å². The van der Waals surface area contributed by atoms with E-state index in [4.69, 9.17) is 38.8 Å². The number of aryl methyl sites for hydroxylation is 6. The molecule has 0 spiro atoms. The van der Waals surface area contributed by atoms with Crippen LogP contribution in [0.25, 0.3) is 11.1 Å². The van der Waals surface area contributed by atoms with Gasteiger partial charge in [-0.25, -0.2) is 6.67 Å². The van der Waals surface area contributed by atoms with Gasteiger partial charge in [0.2, 0.25) is 0 Å². The Morgan fingerprint density at radius 3 is 0.891 bits per heavy atom. The van der Waals surface area contributed by atoms with Gasteiger partial charge in [-0.15, -0.1) is 0 Å². The molecule has 2 aliphatic heterocycles. The van der Waals surface area contributed by atoms with Crippen LogP contribution in [0, 0.1) is 54.9 Å². The van der Waals surface area contributed by atoms with E-state index in [0.29, 0.717) is 0 Å². The van der Waals surface area contributed by atoms with Crippen LogP contribution >= 0.6 is 54.6 Å². The molecule has 2 aliphatic carbocycles. The second-order valence-electron chi connectivity index (χ2n) is 25.2. The summed E-state index contributed by atoms with van der Waals surface area (Å²) in [5.41, 5.74) is 20.6. The van der Waals surface area contributed by atoms with Crippen molar-refractivity contribution in [3.63, 3.8) is 0 Å². The number of unbranched alkanes of at least 4 members (excludes halogenated alkanes) is 6. The van der Waals surface area contributed by atoms with Gasteiger partial charge >= 0.3 is 240 Å². The fourth-order valence-electron chi connectivity index (χ4n) is 12.5. The molecule has 0 aromatic heterocycles. The zero-order chi connectivity index (χ0) is 67.0. The Labute approximate surface area is 589 Å². The number of benzene rings is 6. The molecule has 508 valence electrons. The van der Waals surface area contributed by atoms with E-state index in [1.807, 2.05) is 48.5 Å². The predicted molar refractivity (Wildman–Crippen MR) is 417 cm³/mol. The Balaban J connectivity index is 0.000000206. The summed E-state index contributed by atoms with van der Waals surface area (Å²) in [6.45, 7) is 35.9. The third-order valence-electron chi connectivity index (χ3n) is 17.1. The molecule has 0 atom stereocenters. The summed E-state index contributed by atoms with van der Waals surface area (Å²) < 4.78 is 2.25. The topological polar surface area (TPSA) is 13.0 Å². The molecule has 0 unspecified atom stereocenters. The number of hydrogen-bond acceptors (Lipinski definition) is 4. The molecule has 12 heteroatoms. The van der Waals surface area contributed by atoms with Crippen LogP contribution in [-0.2, 0) is 27.0 Å². The Kier molecular flexibility index (Phi) is 38.5. The van der Waals surface area contributed by atoms with Gasteiger partial charge in [0.25, 0.3) is 0 Å². The number of allylic oxidation sites excluding steroid dienone is 2. The molecule has 92 heavy (non-hydrogen) atoms. The van der Waals surface area contributed by atoms with Gasteiger partial charge in [-0.3, -0.25) is 0 Å². The van der Waals surface area contributed by atoms with Crippen LogP contribution in [0.5, 0.6) is 0 Å². The number of fused-ring (bicyclic) bond motifs is 2. The van der Waals surface area contributed by atoms with Gasteiger partial charge in [0.05, 0.1) is 37.0 Å². The number of nitrogens with zero attached hydrogens (tertiary/aromatic N) is 4. The Hall–Kier alpha value is -2.67. The minimum absolute atomic E-state index is 0.0675. The SMILES string of the molecule is CCCC[PH+](CCCC)CCCC.CCCC[PH+](CCCC)CCCC.CN1[CH-]N(C)CC1.Cc1cc(C)c(N2[CH-]N(c3c(C)cc(C)cc3C)CC2)c(C)c1.[Cl][Ru]([Cl])=[C]1C=C(c2ccccc2)c2ccccc21.[Cl][Ru]([Cl])=[C]1C=C(c2ccccc2)c2ccccc21. The Morgan fingerprint density at radius 2 is 0.641 bits per heavy atom. The van der Waals surface area contributed by atoms with Crippen molar-refractivity contribution in [1.82, 2.24) is 9.80 Å². The van der Waals surface area contributed by atoms with Gasteiger partial charge in [-0.05, 0) is 130 Å². The van der Waals surface area contributed by atoms with E-state index in [9.17, 15) is 0 Å². The number of likely N-dealkylation sites (N-methyl/N-ethyl adjacent to an activating group) is 2. The van der Waals surface area contributed by atoms with Crippen molar-refractivity contribution in [2.75, 3.05) is 87.0 Å². The Bertz CT molecular complexity index is 2970. The molecular formula is C80H114Cl4N4P2Ru2. The van der Waals surface area contributed by atoms with E-state index in [2.05, 4.69) is 227 Å². The normalized spacial score (nSPS) is 14.4. The van der Waals surface area contributed by atoms with Crippen LogP contribution in [0.4, 0.5) is 11.4 Å². The number of anilines is 2. The first kappa shape index (κ1) is 80.0. The van der Waals surface area contributed by atoms with Crippen LogP contribution in [0.15, 0.2) is 146 Å². The molecule has 4 aliphatic rings. The van der Waals surface area contributed by atoms with Crippen molar-refractivity contribution in [3.05, 3.63) is 226 Å². The summed E-state index contributed by atoms with van der Waals surface area (Å²) >= 11 is -3.76. The third-order valence-corrected chi connectivity index (χ3v) is 29.8. The summed E-state index contributed by atoms with van der Waals surface area (Å²) in [5.74, 6) is 0. The van der Waals surface area contributed by atoms with E-state index >= 15 is 0 Å². The van der Waals surface area contributed by atoms with Crippen molar-refractivity contribution in [2.24, 2.45) is 0 Å². The average molecular weight is 1540 g/mol. The summed E-state index contributed by atoms with van der Waals surface area (Å²) in [6.07, 6.45) is 31.1. The summed E-state index contributed by atoms with van der Waals surface area (Å²) in [5, 5.41) is 0. The fourth-order valence-corrected chi connectivity index (χ4v) is 24.1. The van der Waals surface area contributed by atoms with E-state index in [0.717, 1.165) is 21.3 Å². The van der Waals surface area contributed by atoms with Crippen molar-refractivity contribution >= 4 is 85.3 Å². The Morgan fingerprint density at radius 1 is 0.370 bits per heavy atom. The maximum atomic E-state index is 6.19. The fraction of sp³-hybridized carbons (Fsp3) is 0.450. The quantitative estimate of drug-likeness (QED) is 0.0381. The number of rotatable bonds is 22. The van der Waals surface area contributed by atoms with E-state index < -0.39 is 27.0 Å². The van der Waals surface area contributed by atoms with Gasteiger partial charge < -0.3 is 19.6 Å². The second kappa shape index (κ2) is 44.3. The molecule has 2 saturated heterocycles. The summed E-state index contributed by atoms with van der Waals surface area (Å²) in [6, 6.07) is 46.5. The first-order chi connectivity index (χ1) is 44.4. The van der Waals surface area contributed by atoms with Crippen LogP contribution in [0.2, 0.25) is 0 Å². The third kappa shape index (κ3) is 26.3. The second-order valence-corrected chi connectivity index (χ2v) is 42.8. The van der Waals surface area contributed by atoms with Gasteiger partial charge in [-0.1, -0.05) is 115 Å². The molecule has 0 amide bonds. The molecule has 0 bridgehead atoms. The van der Waals surface area contributed by atoms with Gasteiger partial charge in [-0.2, -0.15) is 6.67 Å². The minimum atomic E-state index is -1.88. The van der Waals surface area contributed by atoms with Crippen LogP contribution in [0.1, 0.15) is 185 Å². The maximum absolute atomic E-state index is 6.19. The molecular weight excluding hydrogens is 1420 g/mol. The standard InChI is InChI=1S/C21H27N2.2C15H10.2C12H27P.C5H11N2.4ClH.2Ru/c1-14-9-16(3)20(17(4)10-14)22-7-8-23(13-22)21-18(5)11-15(2)12-19(21)6;2*1-2-6-12(7-3-1)15-11-10-13-8-4-5-9-14(13)15;2*1-4-7-10-13(11-8-5-2)12-9-6-3;1-6-3-4-7(2)5-6;;;;;;/h9-13H,7-8H2,1-6H3;2*1-9,11H;2*4-12H2,1-3H3;5H,3-4H2,1-2H3;4*1H;;/q-1;;;;;-1;;;;;2*+2/p-2. The van der Waals surface area contributed by atoms with Gasteiger partial charge in [0, 0.05) is 40.3 Å². The van der Waals surface area contributed by atoms with Gasteiger partial charge in [0.15, 0.2) is 0 Å². The molecule has 4 nitrogen and oxygen atoms in total. The van der Waals surface area contributed by atoms with Crippen molar-refractivity contribution in [1.29, 1.82) is 0 Å². The summed E-state index contributed by atoms with van der Waals surface area (Å²) in [4.78, 5) is 9.17. The van der Waals surface area contributed by atoms with Crippen LogP contribution < -0.4 is 9.80 Å². The average Bonchev–Trinajstić information content (AvgIpc) is 1.66. The molecule has 10 rings (SSSR count). The van der Waals surface area contributed by atoms with Gasteiger partial charge in [0.1, 0.15) is 0 Å². The van der Waals surface area contributed by atoms with E-state index in [1.54, 1.807) is 37.0 Å². The van der Waals surface area contributed by atoms with Crippen molar-refractivity contribution in [3.8, 4) is 0 Å². The first-order valence-electron chi connectivity index (χ1n) is 34.3. The molecule has 0 radical (unpaired) electrons. The molecule has 6 aromatic carbocycles. The van der Waals surface area contributed by atoms with Crippen molar-refractivity contribution in [2.45, 2.75) is 160 Å². The zero-order valence-corrected chi connectivity index (χ0v) is 67.1. The molecule has 0 N–H and O–H groups in total. The zero-order valence-electron chi connectivity index (χ0n) is 58.6. The number of halogens is 4. The van der Waals surface area contributed by atoms with Crippen LogP contribution in [-0.4, -0.2) is 95.3 Å². The number of hydrogen-bond donors (Lipinski definition) is 0. The molecule has 0 saturated carbocycles. The monoisotopic (exact) mass is 1540 g/mol. The van der Waals surface area contributed by atoms with Crippen molar-refractivity contribution < 1.29 is 27.0 Å². The molecule has 6 aromatic rings. The molecule has 2 fully saturated rings. The van der Waals surface area contributed by atoms with E-state index in [-0.39, 0.29) is 15.8 Å². The molecule has 2 heterocycles. The predicted octanol–water partition coefficient (Wildman–Crippen LogP) is 23.3. The first-order valence-corrected chi connectivity index (χ1v) is 49.3. The summed E-state index contributed by atoms with van der Waals surface area (Å²) in [7, 11) is 29.1.